The van der Waals surface area contributed by atoms with Crippen LogP contribution in [-0.4, -0.2) is 130 Å². The number of halogens is 1. The van der Waals surface area contributed by atoms with Gasteiger partial charge < -0.3 is 64.8 Å². The molecule has 1 aliphatic rings. The van der Waals surface area contributed by atoms with Gasteiger partial charge in [-0.3, -0.25) is 39.2 Å². The summed E-state index contributed by atoms with van der Waals surface area (Å²) < 4.78 is -0.204. The number of hydrogen-bond donors (Lipinski definition) is 14. The van der Waals surface area contributed by atoms with E-state index >= 15 is 0 Å². The number of hydrogen-bond acceptors (Lipinski definition) is 15. The van der Waals surface area contributed by atoms with Gasteiger partial charge in [0.05, 0.1) is 18.6 Å². The Kier molecular flexibility index (Phi) is 28.8. The van der Waals surface area contributed by atoms with E-state index in [0.717, 1.165) is 0 Å². The van der Waals surface area contributed by atoms with Gasteiger partial charge in [-0.25, -0.2) is 10.2 Å². The number of carbonyl (C=O) groups excluding carboxylic acids is 6. The number of amides is 6. The van der Waals surface area contributed by atoms with E-state index < -0.39 is 84.3 Å². The van der Waals surface area contributed by atoms with Gasteiger partial charge in [0.15, 0.2) is 5.96 Å². The number of aliphatic hydroxyl groups excluding tert-OH is 1. The van der Waals surface area contributed by atoms with Crippen LogP contribution in [0.25, 0.3) is 0 Å². The fourth-order valence-electron chi connectivity index (χ4n) is 7.03. The molecule has 0 aromatic heterocycles. The van der Waals surface area contributed by atoms with E-state index in [4.69, 9.17) is 34.5 Å². The zero-order chi connectivity index (χ0) is 52.3. The first-order valence-electron chi connectivity index (χ1n) is 23.5. The minimum Gasteiger partial charge on any atom is -0.508 e. The third kappa shape index (κ3) is 24.3. The lowest BCUT2D eigenvalue weighted by Crippen LogP contribution is -2.60. The van der Waals surface area contributed by atoms with Gasteiger partial charge in [-0.05, 0) is 100 Å². The number of phenols is 1. The Bertz CT molecular complexity index is 1910. The van der Waals surface area contributed by atoms with Crippen molar-refractivity contribution in [3.05, 3.63) is 40.9 Å². The van der Waals surface area contributed by atoms with Gasteiger partial charge in [-0.1, -0.05) is 85.5 Å². The Morgan fingerprint density at radius 2 is 1.19 bits per heavy atom. The zero-order valence-electron chi connectivity index (χ0n) is 40.4. The molecule has 0 saturated carbocycles. The molecule has 1 aromatic rings. The first kappa shape index (κ1) is 61.3. The Balaban J connectivity index is 2.44. The van der Waals surface area contributed by atoms with Crippen molar-refractivity contribution in [1.82, 2.24) is 37.4 Å². The number of aliphatic carboxylic acids is 1. The number of rotatable bonds is 35. The highest BCUT2D eigenvalue weighted by molar-refractivity contribution is 8.93. The second-order valence-corrected chi connectivity index (χ2v) is 21.1. The maximum Gasteiger partial charge on any atom is 0.328 e. The highest BCUT2D eigenvalue weighted by Crippen LogP contribution is 2.53. The van der Waals surface area contributed by atoms with Crippen LogP contribution in [-0.2, 0) is 40.0 Å². The highest BCUT2D eigenvalue weighted by atomic mass is 35.5. The van der Waals surface area contributed by atoms with Crippen LogP contribution in [0.15, 0.2) is 40.4 Å². The van der Waals surface area contributed by atoms with Crippen molar-refractivity contribution in [2.45, 2.75) is 139 Å². The summed E-state index contributed by atoms with van der Waals surface area (Å²) in [6.45, 7) is 7.64. The molecule has 5 unspecified atom stereocenters. The van der Waals surface area contributed by atoms with Gasteiger partial charge in [-0.2, -0.15) is 0 Å². The number of carboxylic acid groups (broad SMARTS) is 1. The number of phenolic OH excluding ortho intramolecular Hbond substituents is 1. The number of carboxylic acids is 1. The van der Waals surface area contributed by atoms with Gasteiger partial charge in [0.2, 0.25) is 35.4 Å². The fraction of sp³-hybridized carbons (Fsp3) is 0.644. The van der Waals surface area contributed by atoms with Gasteiger partial charge in [0.25, 0.3) is 0 Å². The fourth-order valence-corrected chi connectivity index (χ4v) is 8.39. The molecule has 0 bridgehead atoms. The first-order chi connectivity index (χ1) is 33.2. The van der Waals surface area contributed by atoms with E-state index in [1.54, 1.807) is 6.08 Å². The molecule has 1 fully saturated rings. The third-order valence-corrected chi connectivity index (χ3v) is 13.1. The molecular weight excluding hydrogens is 968 g/mol. The molecule has 2 rings (SSSR count). The molecule has 22 nitrogen and oxygen atoms in total. The normalized spacial score (nSPS) is 15.6. The Labute approximate surface area is 423 Å². The average Bonchev–Trinajstić information content (AvgIpc) is 4.15. The number of guanidine groups is 1. The molecule has 25 heteroatoms. The maximum absolute atomic E-state index is 14.3. The van der Waals surface area contributed by atoms with E-state index in [2.05, 4.69) is 42.4 Å². The number of nitrogens with one attached hydrogen (secondary N) is 7. The van der Waals surface area contributed by atoms with Gasteiger partial charge in [-0.15, -0.1) is 0 Å². The van der Waals surface area contributed by atoms with Gasteiger partial charge in [0.1, 0.15) is 40.5 Å². The quantitative estimate of drug-likeness (QED) is 0.0108. The van der Waals surface area contributed by atoms with Crippen LogP contribution in [0.3, 0.4) is 0 Å². The molecular formula is C45H75ClN12O10S2. The number of hydrazine groups is 1. The Morgan fingerprint density at radius 1 is 0.686 bits per heavy atom. The van der Waals surface area contributed by atoms with E-state index in [0.29, 0.717) is 55.7 Å². The van der Waals surface area contributed by atoms with E-state index in [9.17, 15) is 48.9 Å². The molecule has 18 N–H and O–H groups in total. The lowest BCUT2D eigenvalue weighted by atomic mass is 9.94. The lowest BCUT2D eigenvalue weighted by molar-refractivity contribution is -0.143. The standard InChI is InChI=1S/C45H75ClN12O10S2/c1-25(2)20-28(23-30(46)34(21-26(3)4)54-42(66)44-69-70-44)37(61)58-57-33(11-6-8-18-48)40(64)52-31(10-5-7-17-47)38(62)55-35(22-27-13-15-29(60)16-14-27)41(65)53-32(12-9-19-51-45(49)50)39(63)56-36(24-59)43(67)68/h13-16,23,25-26,28,31-36,44,57,59-60H,5-12,17-22,24,47-48H2,1-4H3,(H,52,64)(H,53,65)(H,54,66)(H,55,62)(H,56,63)(H,58,61)(H,67,68)(H4,49,50,51)/t28?,31-,32-,33?,34?,35?,36?/m0/s1. The minimum absolute atomic E-state index is 0.0524. The number of aliphatic imine (C=N–C) groups is 1. The van der Waals surface area contributed by atoms with Crippen molar-refractivity contribution in [1.29, 1.82) is 0 Å². The Hall–Kier alpha value is -4.85. The molecule has 70 heavy (non-hydrogen) atoms. The summed E-state index contributed by atoms with van der Waals surface area (Å²) in [5, 5.41) is 42.6. The van der Waals surface area contributed by atoms with Crippen LogP contribution in [0.1, 0.15) is 97.5 Å². The molecule has 1 aliphatic heterocycles. The summed E-state index contributed by atoms with van der Waals surface area (Å²) in [5.74, 6) is -6.16. The number of aromatic hydroxyl groups is 1. The second kappa shape index (κ2) is 32.9. The molecule has 1 heterocycles. The SMILES string of the molecule is CC(C)CC(C=C(Cl)C(CC(C)C)NC(=O)C1SS1)C(=O)NNC(CCCCN)C(=O)N[C@@H](CCCCN)C(=O)NC(Cc1ccc(O)cc1)C(=O)N[C@@H](CCCN=C(N)N)C(=O)NC(CO)C(=O)O. The number of nitrogens with two attached hydrogens (primary N) is 4. The predicted octanol–water partition coefficient (Wildman–Crippen LogP) is 0.289. The molecule has 394 valence electrons. The monoisotopic (exact) mass is 1040 g/mol. The van der Waals surface area contributed by atoms with Crippen molar-refractivity contribution < 1.29 is 48.9 Å². The summed E-state index contributed by atoms with van der Waals surface area (Å²) in [6.07, 6.45) is 4.65. The minimum atomic E-state index is -1.69. The summed E-state index contributed by atoms with van der Waals surface area (Å²) in [6, 6.07) is -1.47. The molecule has 0 radical (unpaired) electrons. The number of carbonyl (C=O) groups is 7. The average molecular weight is 1040 g/mol. The second-order valence-electron chi connectivity index (χ2n) is 17.8. The summed E-state index contributed by atoms with van der Waals surface area (Å²) in [4.78, 5) is 98.2. The summed E-state index contributed by atoms with van der Waals surface area (Å²) in [7, 11) is 2.91. The molecule has 1 saturated heterocycles. The van der Waals surface area contributed by atoms with Crippen molar-refractivity contribution in [3.63, 3.8) is 0 Å². The molecule has 1 aromatic carbocycles. The number of unbranched alkanes of at least 4 members (excludes halogenated alkanes) is 2. The van der Waals surface area contributed by atoms with Gasteiger partial charge in [0, 0.05) is 18.0 Å². The van der Waals surface area contributed by atoms with Crippen LogP contribution < -0.4 is 60.4 Å². The Morgan fingerprint density at radius 3 is 1.69 bits per heavy atom. The topological polar surface area (TPSA) is 381 Å². The third-order valence-electron chi connectivity index (χ3n) is 10.8. The van der Waals surface area contributed by atoms with Crippen molar-refractivity contribution in [3.8, 4) is 5.75 Å². The molecule has 7 atom stereocenters. The highest BCUT2D eigenvalue weighted by Gasteiger charge is 2.36. The zero-order valence-corrected chi connectivity index (χ0v) is 42.8. The largest absolute Gasteiger partial charge is 0.508 e. The van der Waals surface area contributed by atoms with Crippen molar-refractivity contribution >= 4 is 80.6 Å². The first-order valence-corrected chi connectivity index (χ1v) is 26.2. The van der Waals surface area contributed by atoms with Crippen LogP contribution in [0, 0.1) is 17.8 Å². The maximum atomic E-state index is 14.3. The van der Waals surface area contributed by atoms with Crippen LogP contribution in [0.2, 0.25) is 0 Å². The number of nitrogens with zero attached hydrogens (tertiary/aromatic N) is 1. The number of aliphatic hydroxyl groups is 1. The smallest absolute Gasteiger partial charge is 0.328 e. The van der Waals surface area contributed by atoms with Crippen molar-refractivity contribution in [2.75, 3.05) is 26.2 Å². The summed E-state index contributed by atoms with van der Waals surface area (Å²) in [5.41, 5.74) is 28.5. The van der Waals surface area contributed by atoms with Crippen LogP contribution in [0.4, 0.5) is 0 Å². The van der Waals surface area contributed by atoms with Crippen molar-refractivity contribution in [2.24, 2.45) is 45.7 Å². The molecule has 0 aliphatic carbocycles. The predicted molar refractivity (Wildman–Crippen MR) is 272 cm³/mol. The van der Waals surface area contributed by atoms with Gasteiger partial charge >= 0.3 is 5.97 Å². The van der Waals surface area contributed by atoms with Crippen LogP contribution >= 0.6 is 33.2 Å². The molecule has 0 spiro atoms. The molecule has 6 amide bonds. The summed E-state index contributed by atoms with van der Waals surface area (Å²) >= 11 is 6.85. The number of benzene rings is 1. The van der Waals surface area contributed by atoms with E-state index in [-0.39, 0.29) is 79.2 Å². The van der Waals surface area contributed by atoms with Crippen LogP contribution in [0.5, 0.6) is 5.75 Å². The van der Waals surface area contributed by atoms with E-state index in [1.165, 1.54) is 45.9 Å². The lowest BCUT2D eigenvalue weighted by Gasteiger charge is -2.27. The van der Waals surface area contributed by atoms with E-state index in [1.807, 2.05) is 27.7 Å².